The lowest BCUT2D eigenvalue weighted by Crippen LogP contribution is -2.07. The highest BCUT2D eigenvalue weighted by Gasteiger charge is 1.97. The molecule has 1 heterocycles. The number of hydrogen-bond acceptors (Lipinski definition) is 5. The van der Waals surface area contributed by atoms with E-state index in [1.165, 1.54) is 0 Å². The molecule has 0 amide bonds. The second kappa shape index (κ2) is 8.75. The molecule has 0 aliphatic carbocycles. The molecular formula is C12H22N4O. The van der Waals surface area contributed by atoms with Crippen LogP contribution in [0, 0.1) is 0 Å². The molecular weight excluding hydrogens is 216 g/mol. The van der Waals surface area contributed by atoms with E-state index in [0.717, 1.165) is 50.6 Å². The van der Waals surface area contributed by atoms with Gasteiger partial charge < -0.3 is 15.4 Å². The number of nitrogens with one attached hydrogen (secondary N) is 2. The molecule has 0 radical (unpaired) electrons. The van der Waals surface area contributed by atoms with Crippen molar-refractivity contribution >= 4 is 11.6 Å². The smallest absolute Gasteiger partial charge is 0.131 e. The van der Waals surface area contributed by atoms with E-state index >= 15 is 0 Å². The highest BCUT2D eigenvalue weighted by atomic mass is 16.5. The minimum absolute atomic E-state index is 0.814. The van der Waals surface area contributed by atoms with Crippen LogP contribution in [0.2, 0.25) is 0 Å². The summed E-state index contributed by atoms with van der Waals surface area (Å²) in [6.45, 7) is 4.79. The van der Waals surface area contributed by atoms with E-state index in [1.54, 1.807) is 13.4 Å². The van der Waals surface area contributed by atoms with E-state index < -0.39 is 0 Å². The molecule has 0 saturated heterocycles. The van der Waals surface area contributed by atoms with Crippen molar-refractivity contribution in [3.05, 3.63) is 12.4 Å². The Hall–Kier alpha value is -1.36. The van der Waals surface area contributed by atoms with Crippen LogP contribution in [0.15, 0.2) is 12.4 Å². The third-order valence-electron chi connectivity index (χ3n) is 2.30. The Morgan fingerprint density at radius 1 is 1.12 bits per heavy atom. The van der Waals surface area contributed by atoms with Gasteiger partial charge >= 0.3 is 0 Å². The molecule has 5 heteroatoms. The van der Waals surface area contributed by atoms with E-state index in [1.807, 2.05) is 6.07 Å². The fraction of sp³-hybridized carbons (Fsp3) is 0.667. The van der Waals surface area contributed by atoms with Gasteiger partial charge in [0.2, 0.25) is 0 Å². The third kappa shape index (κ3) is 6.06. The summed E-state index contributed by atoms with van der Waals surface area (Å²) in [4.78, 5) is 8.32. The zero-order valence-electron chi connectivity index (χ0n) is 10.7. The van der Waals surface area contributed by atoms with E-state index in [4.69, 9.17) is 4.74 Å². The lowest BCUT2D eigenvalue weighted by atomic mass is 10.3. The number of aromatic nitrogens is 2. The molecule has 17 heavy (non-hydrogen) atoms. The molecule has 0 unspecified atom stereocenters. The van der Waals surface area contributed by atoms with E-state index in [2.05, 4.69) is 27.5 Å². The highest BCUT2D eigenvalue weighted by Crippen LogP contribution is 2.08. The molecule has 1 aromatic heterocycles. The predicted molar refractivity (Wildman–Crippen MR) is 70.4 cm³/mol. The van der Waals surface area contributed by atoms with Gasteiger partial charge in [-0.05, 0) is 19.3 Å². The van der Waals surface area contributed by atoms with Crippen molar-refractivity contribution in [2.75, 3.05) is 37.4 Å². The largest absolute Gasteiger partial charge is 0.385 e. The fourth-order valence-electron chi connectivity index (χ4n) is 1.39. The van der Waals surface area contributed by atoms with Gasteiger partial charge in [-0.3, -0.25) is 0 Å². The maximum Gasteiger partial charge on any atom is 0.131 e. The molecule has 96 valence electrons. The first kappa shape index (κ1) is 13.7. The van der Waals surface area contributed by atoms with Crippen molar-refractivity contribution in [1.82, 2.24) is 9.97 Å². The Bertz CT molecular complexity index is 306. The second-order valence-electron chi connectivity index (χ2n) is 3.84. The summed E-state index contributed by atoms with van der Waals surface area (Å²) in [7, 11) is 1.73. The summed E-state index contributed by atoms with van der Waals surface area (Å²) < 4.78 is 4.99. The number of rotatable bonds is 9. The number of methoxy groups -OCH3 is 1. The SMILES string of the molecule is CCCNc1cc(NCCCCOC)ncn1. The molecule has 1 rings (SSSR count). The van der Waals surface area contributed by atoms with E-state index in [-0.39, 0.29) is 0 Å². The summed E-state index contributed by atoms with van der Waals surface area (Å²) in [6, 6.07) is 1.94. The lowest BCUT2D eigenvalue weighted by Gasteiger charge is -2.07. The Kier molecular flexibility index (Phi) is 7.06. The topological polar surface area (TPSA) is 59.1 Å². The van der Waals surface area contributed by atoms with Gasteiger partial charge in [0, 0.05) is 32.9 Å². The molecule has 0 fully saturated rings. The molecule has 0 aromatic carbocycles. The van der Waals surface area contributed by atoms with Gasteiger partial charge in [0.15, 0.2) is 0 Å². The van der Waals surface area contributed by atoms with E-state index in [9.17, 15) is 0 Å². The van der Waals surface area contributed by atoms with Crippen LogP contribution in [0.1, 0.15) is 26.2 Å². The summed E-state index contributed by atoms with van der Waals surface area (Å²) in [5.74, 6) is 1.75. The lowest BCUT2D eigenvalue weighted by molar-refractivity contribution is 0.194. The standard InChI is InChI=1S/C12H22N4O/c1-3-6-13-11-9-12(16-10-15-11)14-7-4-5-8-17-2/h9-10H,3-8H2,1-2H3,(H2,13,14,15,16). The van der Waals surface area contributed by atoms with Crippen LogP contribution in [0.3, 0.4) is 0 Å². The number of hydrogen-bond donors (Lipinski definition) is 2. The number of unbranched alkanes of at least 4 members (excludes halogenated alkanes) is 1. The minimum Gasteiger partial charge on any atom is -0.385 e. The molecule has 0 aliphatic rings. The van der Waals surface area contributed by atoms with Gasteiger partial charge in [-0.25, -0.2) is 9.97 Å². The van der Waals surface area contributed by atoms with Crippen molar-refractivity contribution in [3.63, 3.8) is 0 Å². The van der Waals surface area contributed by atoms with Crippen LogP contribution in [0.5, 0.6) is 0 Å². The van der Waals surface area contributed by atoms with E-state index in [0.29, 0.717) is 0 Å². The van der Waals surface area contributed by atoms with Crippen molar-refractivity contribution in [2.24, 2.45) is 0 Å². The minimum atomic E-state index is 0.814. The maximum absolute atomic E-state index is 4.99. The maximum atomic E-state index is 4.99. The number of nitrogens with zero attached hydrogens (tertiary/aromatic N) is 2. The summed E-state index contributed by atoms with van der Waals surface area (Å²) in [5.41, 5.74) is 0. The molecule has 0 bridgehead atoms. The van der Waals surface area contributed by atoms with Gasteiger partial charge in [-0.2, -0.15) is 0 Å². The molecule has 0 saturated carbocycles. The zero-order valence-corrected chi connectivity index (χ0v) is 10.7. The van der Waals surface area contributed by atoms with Crippen molar-refractivity contribution in [2.45, 2.75) is 26.2 Å². The molecule has 1 aromatic rings. The third-order valence-corrected chi connectivity index (χ3v) is 2.30. The number of anilines is 2. The normalized spacial score (nSPS) is 10.2. The molecule has 2 N–H and O–H groups in total. The Morgan fingerprint density at radius 3 is 2.47 bits per heavy atom. The first-order valence-electron chi connectivity index (χ1n) is 6.15. The summed E-state index contributed by atoms with van der Waals surface area (Å²) >= 11 is 0. The van der Waals surface area contributed by atoms with Crippen molar-refractivity contribution in [1.29, 1.82) is 0 Å². The van der Waals surface area contributed by atoms with Gasteiger partial charge in [-0.1, -0.05) is 6.92 Å². The zero-order chi connectivity index (χ0) is 12.3. The Balaban J connectivity index is 2.27. The fourth-order valence-corrected chi connectivity index (χ4v) is 1.39. The predicted octanol–water partition coefficient (Wildman–Crippen LogP) is 2.14. The van der Waals surface area contributed by atoms with Crippen LogP contribution in [0.25, 0.3) is 0 Å². The molecule has 0 spiro atoms. The molecule has 5 nitrogen and oxygen atoms in total. The van der Waals surface area contributed by atoms with Crippen LogP contribution in [-0.2, 0) is 4.74 Å². The van der Waals surface area contributed by atoms with Crippen molar-refractivity contribution < 1.29 is 4.74 Å². The average Bonchev–Trinajstić information content (AvgIpc) is 2.37. The second-order valence-corrected chi connectivity index (χ2v) is 3.84. The molecule has 0 atom stereocenters. The average molecular weight is 238 g/mol. The summed E-state index contributed by atoms with van der Waals surface area (Å²) in [6.07, 6.45) is 4.81. The first-order valence-corrected chi connectivity index (χ1v) is 6.15. The van der Waals surface area contributed by atoms with Crippen LogP contribution in [-0.4, -0.2) is 36.8 Å². The summed E-state index contributed by atoms with van der Waals surface area (Å²) in [5, 5.41) is 6.51. The van der Waals surface area contributed by atoms with Gasteiger partial charge in [0.25, 0.3) is 0 Å². The molecule has 0 aliphatic heterocycles. The van der Waals surface area contributed by atoms with Gasteiger partial charge in [0.05, 0.1) is 0 Å². The Morgan fingerprint density at radius 2 is 1.82 bits per heavy atom. The van der Waals surface area contributed by atoms with Gasteiger partial charge in [-0.15, -0.1) is 0 Å². The quantitative estimate of drug-likeness (QED) is 0.645. The van der Waals surface area contributed by atoms with Crippen molar-refractivity contribution in [3.8, 4) is 0 Å². The first-order chi connectivity index (χ1) is 8.36. The van der Waals surface area contributed by atoms with Gasteiger partial charge in [0.1, 0.15) is 18.0 Å². The number of ether oxygens (including phenoxy) is 1. The Labute approximate surface area is 103 Å². The highest BCUT2D eigenvalue weighted by molar-refractivity contribution is 5.46. The van der Waals surface area contributed by atoms with Crippen LogP contribution in [0.4, 0.5) is 11.6 Å². The van der Waals surface area contributed by atoms with Crippen LogP contribution >= 0.6 is 0 Å². The van der Waals surface area contributed by atoms with Crippen LogP contribution < -0.4 is 10.6 Å². The monoisotopic (exact) mass is 238 g/mol.